The molecule has 0 radical (unpaired) electrons. The standard InChI is InChI=1S/C20H18ClN3O2S/c1-12(22-20(26)16-8-3-4-9-17(16)21)19(25)24-15-7-5-6-14(10-15)18-11-27-13(2)23-18/h3-12H,1-2H3,(H,22,26)(H,24,25). The fraction of sp³-hybridized carbons (Fsp3) is 0.150. The van der Waals surface area contributed by atoms with Gasteiger partial charge in [0.15, 0.2) is 0 Å². The molecule has 0 fully saturated rings. The second-order valence-electron chi connectivity index (χ2n) is 6.00. The highest BCUT2D eigenvalue weighted by Gasteiger charge is 2.18. The van der Waals surface area contributed by atoms with E-state index in [4.69, 9.17) is 11.6 Å². The summed E-state index contributed by atoms with van der Waals surface area (Å²) in [5, 5.41) is 8.78. The molecule has 7 heteroatoms. The number of hydrogen-bond acceptors (Lipinski definition) is 4. The van der Waals surface area contributed by atoms with Gasteiger partial charge in [-0.1, -0.05) is 35.9 Å². The Labute approximate surface area is 166 Å². The van der Waals surface area contributed by atoms with Crippen LogP contribution in [-0.4, -0.2) is 22.8 Å². The largest absolute Gasteiger partial charge is 0.340 e. The molecule has 2 amide bonds. The minimum absolute atomic E-state index is 0.318. The molecule has 3 rings (SSSR count). The van der Waals surface area contributed by atoms with Crippen LogP contribution in [0.1, 0.15) is 22.3 Å². The first kappa shape index (κ1) is 19.1. The van der Waals surface area contributed by atoms with Crippen LogP contribution in [-0.2, 0) is 4.79 Å². The molecule has 0 spiro atoms. The third-order valence-corrected chi connectivity index (χ3v) is 5.01. The Balaban J connectivity index is 1.66. The van der Waals surface area contributed by atoms with E-state index in [9.17, 15) is 9.59 Å². The van der Waals surface area contributed by atoms with Crippen molar-refractivity contribution in [2.75, 3.05) is 5.32 Å². The summed E-state index contributed by atoms with van der Waals surface area (Å²) in [4.78, 5) is 29.2. The van der Waals surface area contributed by atoms with Crippen LogP contribution in [0.3, 0.4) is 0 Å². The summed E-state index contributed by atoms with van der Waals surface area (Å²) in [5.41, 5.74) is 2.76. The molecule has 0 aliphatic rings. The lowest BCUT2D eigenvalue weighted by molar-refractivity contribution is -0.117. The molecular formula is C20H18ClN3O2S. The van der Waals surface area contributed by atoms with Gasteiger partial charge in [-0.2, -0.15) is 0 Å². The van der Waals surface area contributed by atoms with Gasteiger partial charge in [-0.3, -0.25) is 9.59 Å². The molecule has 3 aromatic rings. The van der Waals surface area contributed by atoms with Crippen LogP contribution >= 0.6 is 22.9 Å². The van der Waals surface area contributed by atoms with Gasteiger partial charge < -0.3 is 10.6 Å². The Morgan fingerprint density at radius 2 is 1.93 bits per heavy atom. The normalized spacial score (nSPS) is 11.7. The number of anilines is 1. The zero-order valence-corrected chi connectivity index (χ0v) is 16.4. The van der Waals surface area contributed by atoms with E-state index < -0.39 is 11.9 Å². The highest BCUT2D eigenvalue weighted by molar-refractivity contribution is 7.09. The van der Waals surface area contributed by atoms with Crippen molar-refractivity contribution in [3.05, 3.63) is 69.5 Å². The van der Waals surface area contributed by atoms with Crippen molar-refractivity contribution in [1.82, 2.24) is 10.3 Å². The minimum Gasteiger partial charge on any atom is -0.340 e. The fourth-order valence-corrected chi connectivity index (χ4v) is 3.33. The summed E-state index contributed by atoms with van der Waals surface area (Å²) in [6, 6.07) is 13.4. The number of aromatic nitrogens is 1. The van der Waals surface area contributed by atoms with Crippen molar-refractivity contribution in [2.24, 2.45) is 0 Å². The van der Waals surface area contributed by atoms with Gasteiger partial charge in [0.05, 0.1) is 21.3 Å². The molecule has 0 bridgehead atoms. The first-order valence-electron chi connectivity index (χ1n) is 8.33. The molecule has 138 valence electrons. The molecule has 0 aliphatic carbocycles. The van der Waals surface area contributed by atoms with Gasteiger partial charge in [-0.25, -0.2) is 4.98 Å². The third kappa shape index (κ3) is 4.72. The number of amides is 2. The number of carbonyl (C=O) groups is 2. The molecule has 5 nitrogen and oxygen atoms in total. The fourth-order valence-electron chi connectivity index (χ4n) is 2.49. The Morgan fingerprint density at radius 1 is 1.15 bits per heavy atom. The second kappa shape index (κ2) is 8.33. The van der Waals surface area contributed by atoms with Crippen LogP contribution in [0.4, 0.5) is 5.69 Å². The maximum atomic E-state index is 12.4. The Morgan fingerprint density at radius 3 is 2.63 bits per heavy atom. The Bertz CT molecular complexity index is 987. The number of hydrogen-bond donors (Lipinski definition) is 2. The average molecular weight is 400 g/mol. The molecule has 2 aromatic carbocycles. The lowest BCUT2D eigenvalue weighted by Gasteiger charge is -2.15. The Hall–Kier alpha value is -2.70. The topological polar surface area (TPSA) is 71.1 Å². The van der Waals surface area contributed by atoms with Gasteiger partial charge >= 0.3 is 0 Å². The van der Waals surface area contributed by atoms with Crippen LogP contribution in [0.2, 0.25) is 5.02 Å². The van der Waals surface area contributed by atoms with Gasteiger partial charge in [0.2, 0.25) is 5.91 Å². The molecular weight excluding hydrogens is 382 g/mol. The Kier molecular flexibility index (Phi) is 5.88. The molecule has 1 atom stereocenters. The van der Waals surface area contributed by atoms with E-state index in [1.807, 2.05) is 30.5 Å². The average Bonchev–Trinajstić information content (AvgIpc) is 3.08. The highest BCUT2D eigenvalue weighted by Crippen LogP contribution is 2.24. The summed E-state index contributed by atoms with van der Waals surface area (Å²) < 4.78 is 0. The van der Waals surface area contributed by atoms with Crippen LogP contribution in [0.5, 0.6) is 0 Å². The first-order chi connectivity index (χ1) is 12.9. The van der Waals surface area contributed by atoms with Crippen molar-refractivity contribution in [3.8, 4) is 11.3 Å². The summed E-state index contributed by atoms with van der Waals surface area (Å²) in [7, 11) is 0. The van der Waals surface area contributed by atoms with Crippen molar-refractivity contribution in [3.63, 3.8) is 0 Å². The van der Waals surface area contributed by atoms with E-state index in [0.29, 0.717) is 16.3 Å². The molecule has 1 unspecified atom stereocenters. The number of halogens is 1. The van der Waals surface area contributed by atoms with Crippen molar-refractivity contribution >= 4 is 40.4 Å². The van der Waals surface area contributed by atoms with E-state index in [2.05, 4.69) is 15.6 Å². The van der Waals surface area contributed by atoms with E-state index in [0.717, 1.165) is 16.3 Å². The smallest absolute Gasteiger partial charge is 0.253 e. The lowest BCUT2D eigenvalue weighted by Crippen LogP contribution is -2.41. The van der Waals surface area contributed by atoms with Gasteiger partial charge in [-0.15, -0.1) is 11.3 Å². The van der Waals surface area contributed by atoms with Crippen molar-refractivity contribution in [2.45, 2.75) is 19.9 Å². The SMILES string of the molecule is Cc1nc(-c2cccc(NC(=O)C(C)NC(=O)c3ccccc3Cl)c2)cs1. The molecule has 2 N–H and O–H groups in total. The van der Waals surface area contributed by atoms with Gasteiger partial charge in [-0.05, 0) is 38.1 Å². The number of nitrogens with zero attached hydrogens (tertiary/aromatic N) is 1. The second-order valence-corrected chi connectivity index (χ2v) is 7.47. The maximum Gasteiger partial charge on any atom is 0.253 e. The number of benzene rings is 2. The van der Waals surface area contributed by atoms with E-state index in [1.165, 1.54) is 0 Å². The molecule has 1 heterocycles. The van der Waals surface area contributed by atoms with Crippen molar-refractivity contribution < 1.29 is 9.59 Å². The monoisotopic (exact) mass is 399 g/mol. The number of carbonyl (C=O) groups excluding carboxylic acids is 2. The number of thiazole rings is 1. The van der Waals surface area contributed by atoms with Crippen LogP contribution < -0.4 is 10.6 Å². The molecule has 0 aliphatic heterocycles. The van der Waals surface area contributed by atoms with Crippen LogP contribution in [0.15, 0.2) is 53.9 Å². The zero-order valence-electron chi connectivity index (χ0n) is 14.8. The summed E-state index contributed by atoms with van der Waals surface area (Å²) >= 11 is 7.60. The van der Waals surface area contributed by atoms with E-state index in [1.54, 1.807) is 48.6 Å². The zero-order chi connectivity index (χ0) is 19.4. The highest BCUT2D eigenvalue weighted by atomic mass is 35.5. The molecule has 27 heavy (non-hydrogen) atoms. The van der Waals surface area contributed by atoms with E-state index >= 15 is 0 Å². The van der Waals surface area contributed by atoms with Crippen LogP contribution in [0, 0.1) is 6.92 Å². The minimum atomic E-state index is -0.723. The lowest BCUT2D eigenvalue weighted by atomic mass is 10.1. The maximum absolute atomic E-state index is 12.4. The molecule has 0 saturated carbocycles. The van der Waals surface area contributed by atoms with Gasteiger partial charge in [0, 0.05) is 16.6 Å². The van der Waals surface area contributed by atoms with Gasteiger partial charge in [0.25, 0.3) is 5.91 Å². The van der Waals surface area contributed by atoms with Crippen LogP contribution in [0.25, 0.3) is 11.3 Å². The summed E-state index contributed by atoms with van der Waals surface area (Å²) in [5.74, 6) is -0.711. The predicted octanol–water partition coefficient (Wildman–Crippen LogP) is 4.53. The number of aryl methyl sites for hydroxylation is 1. The summed E-state index contributed by atoms with van der Waals surface area (Å²) in [6.07, 6.45) is 0. The summed E-state index contributed by atoms with van der Waals surface area (Å²) in [6.45, 7) is 3.57. The quantitative estimate of drug-likeness (QED) is 0.662. The predicted molar refractivity (Wildman–Crippen MR) is 109 cm³/mol. The van der Waals surface area contributed by atoms with Gasteiger partial charge in [0.1, 0.15) is 6.04 Å². The molecule has 0 saturated heterocycles. The number of rotatable bonds is 5. The molecule has 1 aromatic heterocycles. The van der Waals surface area contributed by atoms with Crippen molar-refractivity contribution in [1.29, 1.82) is 0 Å². The third-order valence-electron chi connectivity index (χ3n) is 3.90. The first-order valence-corrected chi connectivity index (χ1v) is 9.58. The number of nitrogens with one attached hydrogen (secondary N) is 2. The van der Waals surface area contributed by atoms with E-state index in [-0.39, 0.29) is 5.91 Å².